The molecule has 0 saturated heterocycles. The van der Waals surface area contributed by atoms with Gasteiger partial charge in [0.25, 0.3) is 5.91 Å². The number of nitrogens with one attached hydrogen (secondary N) is 1. The van der Waals surface area contributed by atoms with Crippen LogP contribution in [0.4, 0.5) is 5.69 Å². The molecule has 31 heavy (non-hydrogen) atoms. The van der Waals surface area contributed by atoms with Gasteiger partial charge in [-0.05, 0) is 35.6 Å². The number of carbonyl (C=O) groups excluding carboxylic acids is 2. The summed E-state index contributed by atoms with van der Waals surface area (Å²) in [5, 5.41) is 4.69. The Bertz CT molecular complexity index is 1220. The molecule has 0 aliphatic carbocycles. The minimum absolute atomic E-state index is 0.195. The first-order chi connectivity index (χ1) is 15.0. The van der Waals surface area contributed by atoms with Crippen LogP contribution in [0.15, 0.2) is 66.0 Å². The van der Waals surface area contributed by atoms with E-state index in [-0.39, 0.29) is 17.7 Å². The summed E-state index contributed by atoms with van der Waals surface area (Å²) >= 11 is 0. The highest BCUT2D eigenvalue weighted by molar-refractivity contribution is 6.11. The summed E-state index contributed by atoms with van der Waals surface area (Å²) in [5.41, 5.74) is 5.87. The Kier molecular flexibility index (Phi) is 4.69. The average Bonchev–Trinajstić information content (AvgIpc) is 3.23. The molecule has 0 spiro atoms. The first-order valence-electron chi connectivity index (χ1n) is 10.9. The normalized spacial score (nSPS) is 17.9. The second-order valence-corrected chi connectivity index (χ2v) is 8.93. The van der Waals surface area contributed by atoms with E-state index in [9.17, 15) is 9.59 Å². The summed E-state index contributed by atoms with van der Waals surface area (Å²) in [4.78, 5) is 26.9. The van der Waals surface area contributed by atoms with Gasteiger partial charge in [-0.25, -0.2) is 0 Å². The number of anilines is 1. The maximum Gasteiger partial charge on any atom is 0.259 e. The number of aryl methyl sites for hydroxylation is 1. The summed E-state index contributed by atoms with van der Waals surface area (Å²) in [6.45, 7) is 7.15. The van der Waals surface area contributed by atoms with Crippen molar-refractivity contribution < 1.29 is 9.59 Å². The van der Waals surface area contributed by atoms with E-state index in [1.54, 1.807) is 0 Å². The minimum atomic E-state index is -0.223. The van der Waals surface area contributed by atoms with Crippen molar-refractivity contribution in [1.82, 2.24) is 9.47 Å². The number of nitrogens with zero attached hydrogens (tertiary/aromatic N) is 2. The third kappa shape index (κ3) is 3.16. The maximum absolute atomic E-state index is 13.4. The van der Waals surface area contributed by atoms with Crippen LogP contribution in [0.1, 0.15) is 44.2 Å². The fraction of sp³-hybridized carbons (Fsp3) is 0.308. The second-order valence-electron chi connectivity index (χ2n) is 8.93. The van der Waals surface area contributed by atoms with Crippen LogP contribution in [0.2, 0.25) is 0 Å². The first-order valence-corrected chi connectivity index (χ1v) is 10.9. The van der Waals surface area contributed by atoms with E-state index in [1.807, 2.05) is 18.2 Å². The van der Waals surface area contributed by atoms with Crippen LogP contribution < -0.4 is 5.32 Å². The Morgan fingerprint density at radius 1 is 1.13 bits per heavy atom. The number of imide groups is 1. The summed E-state index contributed by atoms with van der Waals surface area (Å²) in [7, 11) is 0. The van der Waals surface area contributed by atoms with Gasteiger partial charge in [-0.1, -0.05) is 50.2 Å². The predicted molar refractivity (Wildman–Crippen MR) is 123 cm³/mol. The highest BCUT2D eigenvalue weighted by Gasteiger charge is 2.41. The van der Waals surface area contributed by atoms with Gasteiger partial charge in [0.1, 0.15) is 0 Å². The number of hydrogen-bond donors (Lipinski definition) is 1. The lowest BCUT2D eigenvalue weighted by Crippen LogP contribution is -2.33. The van der Waals surface area contributed by atoms with E-state index < -0.39 is 0 Å². The number of hydrogen-bond acceptors (Lipinski definition) is 3. The predicted octanol–water partition coefficient (Wildman–Crippen LogP) is 4.89. The Balaban J connectivity index is 1.75. The summed E-state index contributed by atoms with van der Waals surface area (Å²) < 4.78 is 2.32. The average molecular weight is 414 g/mol. The van der Waals surface area contributed by atoms with E-state index in [4.69, 9.17) is 0 Å². The molecule has 5 rings (SSSR count). The molecule has 0 bridgehead atoms. The van der Waals surface area contributed by atoms with Crippen molar-refractivity contribution in [2.24, 2.45) is 5.92 Å². The van der Waals surface area contributed by atoms with Crippen molar-refractivity contribution in [2.45, 2.75) is 39.7 Å². The lowest BCUT2D eigenvalue weighted by molar-refractivity contribution is -0.139. The van der Waals surface area contributed by atoms with E-state index in [1.165, 1.54) is 17.3 Å². The monoisotopic (exact) mass is 413 g/mol. The molecule has 2 amide bonds. The zero-order valence-corrected chi connectivity index (χ0v) is 18.2. The third-order valence-electron chi connectivity index (χ3n) is 6.40. The highest BCUT2D eigenvalue weighted by atomic mass is 16.2. The van der Waals surface area contributed by atoms with Crippen LogP contribution in [0, 0.1) is 5.92 Å². The van der Waals surface area contributed by atoms with Gasteiger partial charge in [-0.3, -0.25) is 14.5 Å². The molecule has 2 aromatic carbocycles. The SMILES string of the molecule is CC(=O)N1CC2=C(C1=O)[C@H](c1ccccc1)c1cn(CCC(C)C)c3cccc(c13)N2. The van der Waals surface area contributed by atoms with Crippen LogP contribution >= 0.6 is 0 Å². The summed E-state index contributed by atoms with van der Waals surface area (Å²) in [6.07, 6.45) is 3.30. The van der Waals surface area contributed by atoms with Crippen LogP contribution in [0.3, 0.4) is 0 Å². The molecular weight excluding hydrogens is 386 g/mol. The fourth-order valence-electron chi connectivity index (χ4n) is 4.85. The molecule has 0 unspecified atom stereocenters. The van der Waals surface area contributed by atoms with Gasteiger partial charge in [0.15, 0.2) is 0 Å². The molecule has 0 saturated carbocycles. The van der Waals surface area contributed by atoms with Crippen LogP contribution in [0.5, 0.6) is 0 Å². The third-order valence-corrected chi connectivity index (χ3v) is 6.40. The zero-order valence-electron chi connectivity index (χ0n) is 18.2. The molecule has 2 aliphatic heterocycles. The van der Waals surface area contributed by atoms with Gasteiger partial charge < -0.3 is 9.88 Å². The second kappa shape index (κ2) is 7.41. The molecule has 3 aromatic rings. The largest absolute Gasteiger partial charge is 0.356 e. The molecule has 158 valence electrons. The Hall–Kier alpha value is -3.34. The van der Waals surface area contributed by atoms with E-state index in [2.05, 4.69) is 60.3 Å². The lowest BCUT2D eigenvalue weighted by atomic mass is 9.84. The van der Waals surface area contributed by atoms with E-state index in [0.717, 1.165) is 40.9 Å². The van der Waals surface area contributed by atoms with Gasteiger partial charge in [-0.2, -0.15) is 0 Å². The van der Waals surface area contributed by atoms with Crippen molar-refractivity contribution in [3.8, 4) is 0 Å². The van der Waals surface area contributed by atoms with Gasteiger partial charge in [0, 0.05) is 42.4 Å². The molecule has 3 heterocycles. The van der Waals surface area contributed by atoms with Gasteiger partial charge in [-0.15, -0.1) is 0 Å². The molecule has 0 fully saturated rings. The van der Waals surface area contributed by atoms with E-state index >= 15 is 0 Å². The maximum atomic E-state index is 13.4. The highest BCUT2D eigenvalue weighted by Crippen LogP contribution is 2.46. The van der Waals surface area contributed by atoms with Crippen molar-refractivity contribution in [2.75, 3.05) is 11.9 Å². The van der Waals surface area contributed by atoms with Gasteiger partial charge in [0.2, 0.25) is 5.91 Å². The van der Waals surface area contributed by atoms with Crippen LogP contribution in [-0.4, -0.2) is 27.8 Å². The molecule has 2 aliphatic rings. The van der Waals surface area contributed by atoms with Crippen molar-refractivity contribution >= 4 is 28.4 Å². The van der Waals surface area contributed by atoms with Crippen molar-refractivity contribution in [3.63, 3.8) is 0 Å². The number of amides is 2. The molecule has 0 radical (unpaired) electrons. The van der Waals surface area contributed by atoms with Gasteiger partial charge >= 0.3 is 0 Å². The summed E-state index contributed by atoms with van der Waals surface area (Å²) in [6, 6.07) is 16.4. The quantitative estimate of drug-likeness (QED) is 0.663. The Morgan fingerprint density at radius 2 is 1.90 bits per heavy atom. The van der Waals surface area contributed by atoms with Gasteiger partial charge in [0.05, 0.1) is 17.6 Å². The Morgan fingerprint density at radius 3 is 2.61 bits per heavy atom. The smallest absolute Gasteiger partial charge is 0.259 e. The topological polar surface area (TPSA) is 54.3 Å². The number of benzene rings is 2. The number of carbonyl (C=O) groups is 2. The standard InChI is InChI=1S/C26H27N3O2/c1-16(2)12-13-28-14-19-23(18-8-5-4-6-9-18)25-21(15-29(17(3)30)26(25)31)27-20-10-7-11-22(28)24(19)20/h4-11,14,16,23,27H,12-13,15H2,1-3H3/t23-/m1/s1. The van der Waals surface area contributed by atoms with Crippen molar-refractivity contribution in [3.05, 3.63) is 77.1 Å². The molecular formula is C26H27N3O2. The summed E-state index contributed by atoms with van der Waals surface area (Å²) in [5.74, 6) is -0.0266. The minimum Gasteiger partial charge on any atom is -0.356 e. The molecule has 1 aromatic heterocycles. The number of aromatic nitrogens is 1. The van der Waals surface area contributed by atoms with Crippen molar-refractivity contribution in [1.29, 1.82) is 0 Å². The zero-order chi connectivity index (χ0) is 21.7. The molecule has 1 atom stereocenters. The first kappa shape index (κ1) is 19.6. The van der Waals surface area contributed by atoms with Crippen LogP contribution in [0.25, 0.3) is 10.9 Å². The molecule has 5 nitrogen and oxygen atoms in total. The fourth-order valence-corrected chi connectivity index (χ4v) is 4.85. The number of rotatable bonds is 4. The molecule has 1 N–H and O–H groups in total. The Labute approximate surface area is 182 Å². The van der Waals surface area contributed by atoms with E-state index in [0.29, 0.717) is 18.0 Å². The lowest BCUT2D eigenvalue weighted by Gasteiger charge is -2.19. The molecule has 5 heteroatoms. The van der Waals surface area contributed by atoms with Crippen LogP contribution in [-0.2, 0) is 16.1 Å².